The monoisotopic (exact) mass is 421 g/mol. The Hall–Kier alpha value is -0.710. The van der Waals surface area contributed by atoms with Gasteiger partial charge in [-0.1, -0.05) is 0 Å². The number of sulfonamides is 2. The Labute approximate surface area is 160 Å². The van der Waals surface area contributed by atoms with Crippen molar-refractivity contribution in [1.29, 1.82) is 0 Å². The molecule has 0 aromatic heterocycles. The van der Waals surface area contributed by atoms with Crippen LogP contribution in [0.4, 0.5) is 0 Å². The van der Waals surface area contributed by atoms with E-state index in [1.807, 2.05) is 0 Å². The Bertz CT molecular complexity index is 842. The molecule has 26 heavy (non-hydrogen) atoms. The van der Waals surface area contributed by atoms with Crippen molar-refractivity contribution in [2.45, 2.75) is 72.5 Å². The SMILES string of the molecule is Cl.O=S(=O)(NC1CC1)c1ccc(S(=O)(=O)NC2CC3CCC(C2)N3)cc1. The molecule has 2 heterocycles. The lowest BCUT2D eigenvalue weighted by Crippen LogP contribution is -2.47. The van der Waals surface area contributed by atoms with Gasteiger partial charge in [0.25, 0.3) is 0 Å². The van der Waals surface area contributed by atoms with E-state index in [4.69, 9.17) is 0 Å². The molecular weight excluding hydrogens is 398 g/mol. The van der Waals surface area contributed by atoms with Crippen LogP contribution in [0.2, 0.25) is 0 Å². The second kappa shape index (κ2) is 7.37. The molecule has 1 aliphatic carbocycles. The minimum absolute atomic E-state index is 0. The molecule has 2 unspecified atom stereocenters. The Kier molecular flexibility index (Phi) is 5.68. The summed E-state index contributed by atoms with van der Waals surface area (Å²) in [5.74, 6) is 0. The van der Waals surface area contributed by atoms with Crippen LogP contribution in [0, 0.1) is 0 Å². The molecule has 1 saturated carbocycles. The van der Waals surface area contributed by atoms with Crippen molar-refractivity contribution in [1.82, 2.24) is 14.8 Å². The van der Waals surface area contributed by atoms with Gasteiger partial charge in [0.15, 0.2) is 0 Å². The molecule has 7 nitrogen and oxygen atoms in total. The molecule has 0 radical (unpaired) electrons. The first-order valence-corrected chi connectivity index (χ1v) is 11.7. The molecule has 2 aliphatic heterocycles. The largest absolute Gasteiger partial charge is 0.311 e. The first-order valence-electron chi connectivity index (χ1n) is 8.73. The molecule has 3 fully saturated rings. The Balaban J connectivity index is 0.00000196. The number of fused-ring (bicyclic) bond motifs is 2. The van der Waals surface area contributed by atoms with Gasteiger partial charge in [-0.05, 0) is 62.8 Å². The average Bonchev–Trinajstić information content (AvgIpc) is 3.29. The summed E-state index contributed by atoms with van der Waals surface area (Å²) in [5, 5.41) is 3.48. The molecule has 1 aromatic carbocycles. The van der Waals surface area contributed by atoms with Crippen molar-refractivity contribution in [3.63, 3.8) is 0 Å². The first-order chi connectivity index (χ1) is 11.8. The number of hydrogen-bond donors (Lipinski definition) is 3. The fourth-order valence-corrected chi connectivity index (χ4v) is 6.29. The minimum atomic E-state index is -3.64. The Morgan fingerprint density at radius 2 is 1.15 bits per heavy atom. The molecule has 2 bridgehead atoms. The maximum atomic E-state index is 12.6. The van der Waals surface area contributed by atoms with E-state index in [0.717, 1.165) is 38.5 Å². The predicted octanol–water partition coefficient (Wildman–Crippen LogP) is 1.11. The lowest BCUT2D eigenvalue weighted by Gasteiger charge is -2.29. The highest BCUT2D eigenvalue weighted by molar-refractivity contribution is 7.90. The van der Waals surface area contributed by atoms with Crippen LogP contribution in [0.5, 0.6) is 0 Å². The molecule has 3 N–H and O–H groups in total. The van der Waals surface area contributed by atoms with E-state index in [0.29, 0.717) is 12.1 Å². The van der Waals surface area contributed by atoms with E-state index in [1.54, 1.807) is 0 Å². The van der Waals surface area contributed by atoms with Crippen LogP contribution in [0.15, 0.2) is 34.1 Å². The summed E-state index contributed by atoms with van der Waals surface area (Å²) in [6, 6.07) is 6.17. The molecule has 0 amide bonds. The number of hydrogen-bond acceptors (Lipinski definition) is 5. The third-order valence-corrected chi connectivity index (χ3v) is 8.21. The van der Waals surface area contributed by atoms with Crippen molar-refractivity contribution in [2.24, 2.45) is 0 Å². The van der Waals surface area contributed by atoms with Crippen LogP contribution in [-0.2, 0) is 20.0 Å². The van der Waals surface area contributed by atoms with Crippen molar-refractivity contribution >= 4 is 32.5 Å². The third kappa shape index (κ3) is 4.40. The van der Waals surface area contributed by atoms with Gasteiger partial charge in [-0.15, -0.1) is 12.4 Å². The number of nitrogens with one attached hydrogen (secondary N) is 3. The Morgan fingerprint density at radius 3 is 1.58 bits per heavy atom. The average molecular weight is 422 g/mol. The zero-order chi connectivity index (χ0) is 17.7. The van der Waals surface area contributed by atoms with Gasteiger partial charge < -0.3 is 5.32 Å². The normalized spacial score (nSPS) is 28.5. The molecule has 146 valence electrons. The molecule has 1 aromatic rings. The van der Waals surface area contributed by atoms with Gasteiger partial charge >= 0.3 is 0 Å². The zero-order valence-electron chi connectivity index (χ0n) is 14.2. The highest BCUT2D eigenvalue weighted by Crippen LogP contribution is 2.28. The molecule has 10 heteroatoms. The van der Waals surface area contributed by atoms with E-state index < -0.39 is 20.0 Å². The maximum absolute atomic E-state index is 12.6. The van der Waals surface area contributed by atoms with Gasteiger partial charge in [0.2, 0.25) is 20.0 Å². The van der Waals surface area contributed by atoms with Gasteiger partial charge in [-0.2, -0.15) is 0 Å². The summed E-state index contributed by atoms with van der Waals surface area (Å²) in [6.45, 7) is 0. The maximum Gasteiger partial charge on any atom is 0.240 e. The quantitative estimate of drug-likeness (QED) is 0.638. The van der Waals surface area contributed by atoms with E-state index in [-0.39, 0.29) is 34.3 Å². The van der Waals surface area contributed by atoms with E-state index in [2.05, 4.69) is 14.8 Å². The highest BCUT2D eigenvalue weighted by Gasteiger charge is 2.35. The van der Waals surface area contributed by atoms with Crippen LogP contribution < -0.4 is 14.8 Å². The standard InChI is InChI=1S/C16H23N3O4S2.ClH/c20-24(21,18-11-1-2-11)15-5-7-16(8-6-15)25(22,23)19-14-9-12-3-4-13(10-14)17-12;/h5-8,11-14,17-19H,1-4,9-10H2;1H. The summed E-state index contributed by atoms with van der Waals surface area (Å²) < 4.78 is 54.9. The highest BCUT2D eigenvalue weighted by atomic mass is 35.5. The van der Waals surface area contributed by atoms with Gasteiger partial charge in [-0.25, -0.2) is 26.3 Å². The lowest BCUT2D eigenvalue weighted by atomic mass is 10.0. The number of benzene rings is 1. The summed E-state index contributed by atoms with van der Waals surface area (Å²) in [7, 11) is -7.21. The van der Waals surface area contributed by atoms with E-state index in [9.17, 15) is 16.8 Å². The minimum Gasteiger partial charge on any atom is -0.311 e. The predicted molar refractivity (Wildman–Crippen MR) is 100 cm³/mol. The Morgan fingerprint density at radius 1 is 0.731 bits per heavy atom. The molecular formula is C16H24ClN3O4S2. The molecule has 2 saturated heterocycles. The van der Waals surface area contributed by atoms with E-state index >= 15 is 0 Å². The summed E-state index contributed by atoms with van der Waals surface area (Å²) >= 11 is 0. The van der Waals surface area contributed by atoms with E-state index in [1.165, 1.54) is 24.3 Å². The van der Waals surface area contributed by atoms with Crippen molar-refractivity contribution < 1.29 is 16.8 Å². The van der Waals surface area contributed by atoms with Crippen molar-refractivity contribution in [2.75, 3.05) is 0 Å². The zero-order valence-corrected chi connectivity index (χ0v) is 16.7. The summed E-state index contributed by atoms with van der Waals surface area (Å²) in [4.78, 5) is 0.196. The summed E-state index contributed by atoms with van der Waals surface area (Å²) in [5.41, 5.74) is 0. The first kappa shape index (κ1) is 20.0. The fourth-order valence-electron chi connectivity index (χ4n) is 3.73. The van der Waals surface area contributed by atoms with Gasteiger partial charge in [-0.3, -0.25) is 0 Å². The molecule has 0 spiro atoms. The van der Waals surface area contributed by atoms with Gasteiger partial charge in [0, 0.05) is 24.2 Å². The lowest BCUT2D eigenvalue weighted by molar-refractivity contribution is 0.345. The fraction of sp³-hybridized carbons (Fsp3) is 0.625. The van der Waals surface area contributed by atoms with Crippen LogP contribution in [0.1, 0.15) is 38.5 Å². The smallest absolute Gasteiger partial charge is 0.240 e. The number of piperidine rings is 1. The van der Waals surface area contributed by atoms with Crippen LogP contribution in [-0.4, -0.2) is 41.0 Å². The topological polar surface area (TPSA) is 104 Å². The second-order valence-corrected chi connectivity index (χ2v) is 10.7. The molecule has 3 aliphatic rings. The second-order valence-electron chi connectivity index (χ2n) is 7.29. The molecule has 4 rings (SSSR count). The number of rotatable bonds is 6. The van der Waals surface area contributed by atoms with Gasteiger partial charge in [0.05, 0.1) is 9.79 Å². The van der Waals surface area contributed by atoms with Crippen molar-refractivity contribution in [3.8, 4) is 0 Å². The molecule has 2 atom stereocenters. The van der Waals surface area contributed by atoms with Gasteiger partial charge in [0.1, 0.15) is 0 Å². The van der Waals surface area contributed by atoms with Crippen LogP contribution in [0.3, 0.4) is 0 Å². The van der Waals surface area contributed by atoms with Crippen molar-refractivity contribution in [3.05, 3.63) is 24.3 Å². The third-order valence-electron chi connectivity index (χ3n) is 5.14. The summed E-state index contributed by atoms with van der Waals surface area (Å²) in [6.07, 6.45) is 5.51. The van der Waals surface area contributed by atoms with Crippen LogP contribution in [0.25, 0.3) is 0 Å². The number of halogens is 1. The van der Waals surface area contributed by atoms with Crippen LogP contribution >= 0.6 is 12.4 Å².